The van der Waals surface area contributed by atoms with E-state index in [1.165, 1.54) is 0 Å². The van der Waals surface area contributed by atoms with Crippen molar-refractivity contribution in [2.24, 2.45) is 4.99 Å². The second-order valence-corrected chi connectivity index (χ2v) is 8.48. The van der Waals surface area contributed by atoms with E-state index < -0.39 is 5.97 Å². The summed E-state index contributed by atoms with van der Waals surface area (Å²) < 4.78 is 2.14. The van der Waals surface area contributed by atoms with Crippen LogP contribution in [-0.2, 0) is 0 Å². The molecule has 0 bridgehead atoms. The van der Waals surface area contributed by atoms with Gasteiger partial charge in [0.2, 0.25) is 0 Å². The van der Waals surface area contributed by atoms with Crippen molar-refractivity contribution in [3.05, 3.63) is 83.9 Å². The van der Waals surface area contributed by atoms with Gasteiger partial charge in [0, 0.05) is 35.6 Å². The van der Waals surface area contributed by atoms with Crippen molar-refractivity contribution in [1.82, 2.24) is 14.5 Å². The number of carbonyl (C=O) groups is 1. The Morgan fingerprint density at radius 2 is 2.00 bits per heavy atom. The quantitative estimate of drug-likeness (QED) is 0.658. The minimum absolute atomic E-state index is 0.0454. The first-order chi connectivity index (χ1) is 14.7. The molecular weight excluding hydrogens is 396 g/mol. The lowest BCUT2D eigenvalue weighted by Gasteiger charge is -2.32. The standard InChI is InChI=1S/C23H22N4O2S/c1-2-16-14-30-23-25-20(18-6-3-4-12-24-18)21(27(16)23)19-7-5-13-26(19)17-10-8-15(9-11-17)22(28)29/h3-13,16,20-21H,2,14H2,1H3,(H,28,29)/t16-,20-,21+/m0/s1. The molecule has 3 aromatic rings. The Bertz CT molecular complexity index is 1090. The molecule has 2 aliphatic rings. The van der Waals surface area contributed by atoms with Crippen molar-refractivity contribution in [3.8, 4) is 5.69 Å². The Hall–Kier alpha value is -3.06. The minimum atomic E-state index is -0.918. The number of thioether (sulfide) groups is 1. The van der Waals surface area contributed by atoms with Crippen LogP contribution in [0.2, 0.25) is 0 Å². The van der Waals surface area contributed by atoms with Crippen molar-refractivity contribution < 1.29 is 9.90 Å². The predicted molar refractivity (Wildman–Crippen MR) is 118 cm³/mol. The number of pyridine rings is 1. The second-order valence-electron chi connectivity index (χ2n) is 7.49. The van der Waals surface area contributed by atoms with E-state index in [-0.39, 0.29) is 17.6 Å². The maximum absolute atomic E-state index is 11.2. The summed E-state index contributed by atoms with van der Waals surface area (Å²) in [5.74, 6) is 0.132. The molecule has 2 aliphatic heterocycles. The topological polar surface area (TPSA) is 70.7 Å². The zero-order chi connectivity index (χ0) is 20.7. The van der Waals surface area contributed by atoms with Crippen LogP contribution in [0, 0.1) is 0 Å². The highest BCUT2D eigenvalue weighted by molar-refractivity contribution is 8.14. The molecule has 1 saturated heterocycles. The smallest absolute Gasteiger partial charge is 0.335 e. The van der Waals surface area contributed by atoms with E-state index in [0.717, 1.165) is 34.4 Å². The first kappa shape index (κ1) is 18.9. The largest absolute Gasteiger partial charge is 0.478 e. The summed E-state index contributed by atoms with van der Waals surface area (Å²) in [6.45, 7) is 2.23. The number of rotatable bonds is 5. The molecule has 0 amide bonds. The van der Waals surface area contributed by atoms with Crippen molar-refractivity contribution in [2.75, 3.05) is 5.75 Å². The maximum Gasteiger partial charge on any atom is 0.335 e. The molecule has 1 aromatic carbocycles. The number of aromatic carboxylic acids is 1. The van der Waals surface area contributed by atoms with Gasteiger partial charge in [-0.15, -0.1) is 0 Å². The molecule has 152 valence electrons. The molecule has 1 fully saturated rings. The second kappa shape index (κ2) is 7.65. The van der Waals surface area contributed by atoms with Gasteiger partial charge < -0.3 is 14.6 Å². The highest BCUT2D eigenvalue weighted by Gasteiger charge is 2.46. The summed E-state index contributed by atoms with van der Waals surface area (Å²) >= 11 is 1.83. The number of carboxylic acids is 1. The van der Waals surface area contributed by atoms with E-state index in [0.29, 0.717) is 6.04 Å². The van der Waals surface area contributed by atoms with Crippen molar-refractivity contribution in [3.63, 3.8) is 0 Å². The maximum atomic E-state index is 11.2. The van der Waals surface area contributed by atoms with E-state index in [4.69, 9.17) is 4.99 Å². The van der Waals surface area contributed by atoms with Gasteiger partial charge in [-0.1, -0.05) is 24.8 Å². The normalized spacial score (nSPS) is 22.8. The molecule has 30 heavy (non-hydrogen) atoms. The Labute approximate surface area is 179 Å². The van der Waals surface area contributed by atoms with Crippen LogP contribution in [-0.4, -0.2) is 42.5 Å². The van der Waals surface area contributed by atoms with Gasteiger partial charge in [-0.3, -0.25) is 9.98 Å². The van der Waals surface area contributed by atoms with Gasteiger partial charge in [0.15, 0.2) is 5.17 Å². The van der Waals surface area contributed by atoms with E-state index in [2.05, 4.69) is 27.4 Å². The van der Waals surface area contributed by atoms with Crippen LogP contribution in [0.1, 0.15) is 47.2 Å². The average molecular weight is 419 g/mol. The van der Waals surface area contributed by atoms with E-state index in [1.807, 2.05) is 60.6 Å². The third-order valence-electron chi connectivity index (χ3n) is 5.81. The minimum Gasteiger partial charge on any atom is -0.478 e. The predicted octanol–water partition coefficient (Wildman–Crippen LogP) is 4.55. The van der Waals surface area contributed by atoms with Gasteiger partial charge in [-0.25, -0.2) is 4.79 Å². The fraction of sp³-hybridized carbons (Fsp3) is 0.261. The van der Waals surface area contributed by atoms with Crippen molar-refractivity contribution in [1.29, 1.82) is 0 Å². The van der Waals surface area contributed by atoms with Crippen LogP contribution in [0.3, 0.4) is 0 Å². The third kappa shape index (κ3) is 3.10. The molecule has 1 N–H and O–H groups in total. The van der Waals surface area contributed by atoms with Crippen LogP contribution in [0.15, 0.2) is 72.0 Å². The Morgan fingerprint density at radius 3 is 2.70 bits per heavy atom. The molecule has 0 spiro atoms. The number of carboxylic acid groups (broad SMARTS) is 1. The summed E-state index contributed by atoms with van der Waals surface area (Å²) in [6, 6.07) is 17.6. The number of hydrogen-bond acceptors (Lipinski definition) is 5. The number of amidine groups is 1. The lowest BCUT2D eigenvalue weighted by molar-refractivity contribution is 0.0697. The summed E-state index contributed by atoms with van der Waals surface area (Å²) in [7, 11) is 0. The number of aliphatic imine (C=N–C) groups is 1. The van der Waals surface area contributed by atoms with Gasteiger partial charge >= 0.3 is 5.97 Å². The van der Waals surface area contributed by atoms with Gasteiger partial charge in [-0.05, 0) is 55.0 Å². The number of fused-ring (bicyclic) bond motifs is 1. The van der Waals surface area contributed by atoms with E-state index in [1.54, 1.807) is 12.1 Å². The Kier molecular flexibility index (Phi) is 4.83. The van der Waals surface area contributed by atoms with E-state index in [9.17, 15) is 9.90 Å². The molecule has 5 rings (SSSR count). The lowest BCUT2D eigenvalue weighted by Crippen LogP contribution is -2.36. The summed E-state index contributed by atoms with van der Waals surface area (Å²) in [5.41, 5.74) is 3.32. The number of nitrogens with zero attached hydrogens (tertiary/aromatic N) is 4. The number of aromatic nitrogens is 2. The highest BCUT2D eigenvalue weighted by Crippen LogP contribution is 2.48. The first-order valence-electron chi connectivity index (χ1n) is 10.1. The first-order valence-corrected chi connectivity index (χ1v) is 11.1. The molecule has 0 unspecified atom stereocenters. The van der Waals surface area contributed by atoms with Crippen LogP contribution in [0.4, 0.5) is 0 Å². The fourth-order valence-electron chi connectivity index (χ4n) is 4.31. The lowest BCUT2D eigenvalue weighted by atomic mass is 9.99. The van der Waals surface area contributed by atoms with Crippen LogP contribution in [0.5, 0.6) is 0 Å². The van der Waals surface area contributed by atoms with Crippen LogP contribution >= 0.6 is 11.8 Å². The van der Waals surface area contributed by atoms with Crippen LogP contribution < -0.4 is 0 Å². The molecule has 6 nitrogen and oxygen atoms in total. The summed E-state index contributed by atoms with van der Waals surface area (Å²) in [4.78, 5) is 23.4. The Balaban J connectivity index is 1.59. The molecule has 0 radical (unpaired) electrons. The molecule has 3 atom stereocenters. The van der Waals surface area contributed by atoms with Gasteiger partial charge in [0.05, 0.1) is 11.3 Å². The molecule has 7 heteroatoms. The molecule has 4 heterocycles. The highest BCUT2D eigenvalue weighted by atomic mass is 32.2. The fourth-order valence-corrected chi connectivity index (χ4v) is 5.64. The zero-order valence-corrected chi connectivity index (χ0v) is 17.4. The molecule has 0 saturated carbocycles. The molecule has 2 aromatic heterocycles. The SMILES string of the molecule is CC[C@H]1CSC2=N[C@@H](c3ccccn3)[C@@H](c3cccn3-c3ccc(C(=O)O)cc3)N21. The number of benzene rings is 1. The monoisotopic (exact) mass is 418 g/mol. The Morgan fingerprint density at radius 1 is 1.17 bits per heavy atom. The third-order valence-corrected chi connectivity index (χ3v) is 6.93. The zero-order valence-electron chi connectivity index (χ0n) is 16.5. The van der Waals surface area contributed by atoms with Crippen molar-refractivity contribution >= 4 is 22.9 Å². The molecular formula is C23H22N4O2S. The molecule has 0 aliphatic carbocycles. The van der Waals surface area contributed by atoms with Gasteiger partial charge in [0.1, 0.15) is 12.1 Å². The number of hydrogen-bond donors (Lipinski definition) is 1. The van der Waals surface area contributed by atoms with Gasteiger partial charge in [-0.2, -0.15) is 0 Å². The summed E-state index contributed by atoms with van der Waals surface area (Å²) in [6.07, 6.45) is 4.92. The van der Waals surface area contributed by atoms with E-state index >= 15 is 0 Å². The van der Waals surface area contributed by atoms with Gasteiger partial charge in [0.25, 0.3) is 0 Å². The van der Waals surface area contributed by atoms with Crippen LogP contribution in [0.25, 0.3) is 5.69 Å². The van der Waals surface area contributed by atoms with Crippen molar-refractivity contribution in [2.45, 2.75) is 31.5 Å². The average Bonchev–Trinajstić information content (AvgIpc) is 3.49. The summed E-state index contributed by atoms with van der Waals surface area (Å²) in [5, 5.41) is 10.3.